The van der Waals surface area contributed by atoms with Crippen LogP contribution in [0.25, 0.3) is 0 Å². The lowest BCUT2D eigenvalue weighted by Gasteiger charge is -2.37. The maximum atomic E-state index is 12.9. The third-order valence-electron chi connectivity index (χ3n) is 4.20. The fraction of sp³-hybridized carbons (Fsp3) is 0.643. The molecule has 0 amide bonds. The lowest BCUT2D eigenvalue weighted by molar-refractivity contribution is -0.137. The fourth-order valence-corrected chi connectivity index (χ4v) is 3.08. The third-order valence-corrected chi connectivity index (χ3v) is 4.20. The van der Waals surface area contributed by atoms with Gasteiger partial charge < -0.3 is 10.2 Å². The van der Waals surface area contributed by atoms with E-state index in [4.69, 9.17) is 0 Å². The molecule has 21 heavy (non-hydrogen) atoms. The topological polar surface area (TPSA) is 31.4 Å². The Labute approximate surface area is 121 Å². The second kappa shape index (κ2) is 5.46. The number of aromatic nitrogens is 1. The van der Waals surface area contributed by atoms with Gasteiger partial charge in [0, 0.05) is 44.5 Å². The second-order valence-corrected chi connectivity index (χ2v) is 5.58. The molecule has 0 aliphatic carbocycles. The van der Waals surface area contributed by atoms with Crippen LogP contribution in [-0.2, 0) is 12.7 Å². The highest BCUT2D eigenvalue weighted by Gasteiger charge is 2.35. The Hall–Kier alpha value is -1.34. The van der Waals surface area contributed by atoms with Crippen LogP contribution in [0, 0.1) is 0 Å². The molecule has 0 spiro atoms. The molecule has 116 valence electrons. The predicted octanol–water partition coefficient (Wildman–Crippen LogP) is 1.71. The Kier molecular flexibility index (Phi) is 3.79. The first-order valence-electron chi connectivity index (χ1n) is 7.25. The Morgan fingerprint density at radius 3 is 2.95 bits per heavy atom. The van der Waals surface area contributed by atoms with Crippen LogP contribution >= 0.6 is 0 Å². The summed E-state index contributed by atoms with van der Waals surface area (Å²) >= 11 is 0. The first kappa shape index (κ1) is 14.6. The molecular formula is C14H19F3N4. The molecule has 1 saturated heterocycles. The normalized spacial score (nSPS) is 23.4. The summed E-state index contributed by atoms with van der Waals surface area (Å²) in [5, 5.41) is 3.35. The molecule has 7 heteroatoms. The van der Waals surface area contributed by atoms with Gasteiger partial charge in [0.05, 0.1) is 11.6 Å². The van der Waals surface area contributed by atoms with E-state index in [0.717, 1.165) is 38.9 Å². The number of piperazine rings is 1. The molecule has 3 heterocycles. The number of alkyl halides is 3. The van der Waals surface area contributed by atoms with E-state index in [1.807, 2.05) is 6.92 Å². The first-order chi connectivity index (χ1) is 9.99. The molecule has 2 aliphatic heterocycles. The van der Waals surface area contributed by atoms with Crippen molar-refractivity contribution in [3.05, 3.63) is 23.4 Å². The van der Waals surface area contributed by atoms with Crippen molar-refractivity contribution in [1.82, 2.24) is 15.2 Å². The Morgan fingerprint density at radius 2 is 2.24 bits per heavy atom. The largest absolute Gasteiger partial charge is 0.417 e. The average Bonchev–Trinajstić information content (AvgIpc) is 2.62. The van der Waals surface area contributed by atoms with Gasteiger partial charge in [-0.2, -0.15) is 13.2 Å². The van der Waals surface area contributed by atoms with Crippen LogP contribution in [0.1, 0.15) is 18.1 Å². The number of nitrogens with zero attached hydrogens (tertiary/aromatic N) is 3. The van der Waals surface area contributed by atoms with Crippen molar-refractivity contribution >= 4 is 5.82 Å². The number of nitrogens with one attached hydrogen (secondary N) is 1. The van der Waals surface area contributed by atoms with Crippen molar-refractivity contribution in [2.45, 2.75) is 25.7 Å². The number of likely N-dealkylation sites (N-methyl/N-ethyl adjacent to an activating group) is 1. The summed E-state index contributed by atoms with van der Waals surface area (Å²) in [6.07, 6.45) is -3.38. The lowest BCUT2D eigenvalue weighted by Crippen LogP contribution is -2.54. The van der Waals surface area contributed by atoms with Crippen LogP contribution in [0.5, 0.6) is 0 Å². The van der Waals surface area contributed by atoms with E-state index in [9.17, 15) is 13.2 Å². The molecule has 1 aromatic heterocycles. The molecule has 0 radical (unpaired) electrons. The summed E-state index contributed by atoms with van der Waals surface area (Å²) in [5.74, 6) is 0.713. The van der Waals surface area contributed by atoms with Gasteiger partial charge in [0.25, 0.3) is 0 Å². The maximum Gasteiger partial charge on any atom is 0.417 e. The van der Waals surface area contributed by atoms with Gasteiger partial charge in [0.15, 0.2) is 0 Å². The van der Waals surface area contributed by atoms with Gasteiger partial charge in [0.2, 0.25) is 0 Å². The van der Waals surface area contributed by atoms with E-state index >= 15 is 0 Å². The zero-order chi connectivity index (χ0) is 15.0. The number of hydrogen-bond acceptors (Lipinski definition) is 4. The summed E-state index contributed by atoms with van der Waals surface area (Å²) < 4.78 is 38.7. The van der Waals surface area contributed by atoms with E-state index < -0.39 is 11.7 Å². The van der Waals surface area contributed by atoms with Crippen LogP contribution in [0.4, 0.5) is 19.0 Å². The number of hydrogen-bond donors (Lipinski definition) is 1. The lowest BCUT2D eigenvalue weighted by atomic mass is 10.1. The number of pyridine rings is 1. The molecule has 4 nitrogen and oxygen atoms in total. The van der Waals surface area contributed by atoms with Crippen LogP contribution < -0.4 is 10.2 Å². The molecule has 0 unspecified atom stereocenters. The monoisotopic (exact) mass is 300 g/mol. The summed E-state index contributed by atoms with van der Waals surface area (Å²) in [7, 11) is 0. The molecule has 0 bridgehead atoms. The van der Waals surface area contributed by atoms with Gasteiger partial charge in [-0.3, -0.25) is 4.90 Å². The minimum absolute atomic E-state index is 0.268. The zero-order valence-corrected chi connectivity index (χ0v) is 12.0. The van der Waals surface area contributed by atoms with Crippen molar-refractivity contribution in [2.75, 3.05) is 37.6 Å². The highest BCUT2D eigenvalue weighted by molar-refractivity contribution is 5.51. The summed E-state index contributed by atoms with van der Waals surface area (Å²) in [6.45, 7) is 6.70. The quantitative estimate of drug-likeness (QED) is 0.856. The summed E-state index contributed by atoms with van der Waals surface area (Å²) in [5.41, 5.74) is 0.0157. The minimum atomic E-state index is -4.34. The maximum absolute atomic E-state index is 12.9. The van der Waals surface area contributed by atoms with Crippen LogP contribution in [0.2, 0.25) is 0 Å². The number of halogens is 3. The van der Waals surface area contributed by atoms with Gasteiger partial charge >= 0.3 is 6.18 Å². The molecule has 1 atom stereocenters. The molecule has 1 aromatic rings. The Bertz CT molecular complexity index is 517. The summed E-state index contributed by atoms with van der Waals surface area (Å²) in [6, 6.07) is 1.53. The van der Waals surface area contributed by atoms with Gasteiger partial charge in [-0.1, -0.05) is 6.92 Å². The van der Waals surface area contributed by atoms with Crippen molar-refractivity contribution in [2.24, 2.45) is 0 Å². The Balaban J connectivity index is 2.01. The molecule has 1 fully saturated rings. The number of fused-ring (bicyclic) bond motifs is 3. The van der Waals surface area contributed by atoms with Crippen molar-refractivity contribution in [3.63, 3.8) is 0 Å². The molecule has 1 N–H and O–H groups in total. The average molecular weight is 300 g/mol. The second-order valence-electron chi connectivity index (χ2n) is 5.58. The van der Waals surface area contributed by atoms with Gasteiger partial charge in [-0.25, -0.2) is 4.98 Å². The van der Waals surface area contributed by atoms with Crippen molar-refractivity contribution < 1.29 is 13.2 Å². The highest BCUT2D eigenvalue weighted by atomic mass is 19.4. The molecule has 2 aliphatic rings. The van der Waals surface area contributed by atoms with Crippen molar-refractivity contribution in [3.8, 4) is 0 Å². The zero-order valence-electron chi connectivity index (χ0n) is 12.0. The smallest absolute Gasteiger partial charge is 0.350 e. The number of rotatable bonds is 1. The first-order valence-corrected chi connectivity index (χ1v) is 7.25. The van der Waals surface area contributed by atoms with E-state index in [1.54, 1.807) is 0 Å². The summed E-state index contributed by atoms with van der Waals surface area (Å²) in [4.78, 5) is 8.48. The minimum Gasteiger partial charge on any atom is -0.350 e. The molecule has 3 rings (SSSR count). The highest BCUT2D eigenvalue weighted by Crippen LogP contribution is 2.33. The molecule has 0 saturated carbocycles. The Morgan fingerprint density at radius 1 is 1.43 bits per heavy atom. The third kappa shape index (κ3) is 2.85. The van der Waals surface area contributed by atoms with Gasteiger partial charge in [-0.05, 0) is 12.6 Å². The van der Waals surface area contributed by atoms with Gasteiger partial charge in [-0.15, -0.1) is 0 Å². The predicted molar refractivity (Wildman–Crippen MR) is 74.2 cm³/mol. The van der Waals surface area contributed by atoms with E-state index in [2.05, 4.69) is 20.1 Å². The molecule has 0 aromatic carbocycles. The fourth-order valence-electron chi connectivity index (χ4n) is 3.08. The van der Waals surface area contributed by atoms with E-state index in [-0.39, 0.29) is 6.04 Å². The van der Waals surface area contributed by atoms with E-state index in [1.165, 1.54) is 6.07 Å². The van der Waals surface area contributed by atoms with Gasteiger partial charge in [0.1, 0.15) is 5.82 Å². The standard InChI is InChI=1S/C14H19F3N4/c1-2-20-8-10-5-11(14(15,16)17)6-19-13(10)21-4-3-18-7-12(21)9-20/h5-6,12,18H,2-4,7-9H2,1H3/t12-/m0/s1. The van der Waals surface area contributed by atoms with Crippen molar-refractivity contribution in [1.29, 1.82) is 0 Å². The SMILES string of the molecule is CCN1Cc2cc(C(F)(F)F)cnc2N2CCNC[C@H]2C1. The number of anilines is 1. The van der Waals surface area contributed by atoms with Crippen LogP contribution in [0.3, 0.4) is 0 Å². The van der Waals surface area contributed by atoms with E-state index in [0.29, 0.717) is 17.9 Å². The van der Waals surface area contributed by atoms with Crippen LogP contribution in [-0.4, -0.2) is 48.6 Å². The molecular weight excluding hydrogens is 281 g/mol. The van der Waals surface area contributed by atoms with Crippen LogP contribution in [0.15, 0.2) is 12.3 Å².